The monoisotopic (exact) mass is 398 g/mol. The second-order valence-electron chi connectivity index (χ2n) is 7.11. The molecule has 0 radical (unpaired) electrons. The maximum absolute atomic E-state index is 13.1. The molecule has 2 aromatic carbocycles. The number of carbonyl (C=O) groups excluding carboxylic acids is 2. The zero-order valence-corrected chi connectivity index (χ0v) is 16.9. The molecule has 0 saturated heterocycles. The number of pyridine rings is 1. The Morgan fingerprint density at radius 2 is 1.67 bits per heavy atom. The smallest absolute Gasteiger partial charge is 0.294 e. The number of anilines is 1. The fraction of sp³-hybridized carbons (Fsp3) is 0.125. The van der Waals surface area contributed by atoms with Crippen LogP contribution in [0.4, 0.5) is 5.69 Å². The Kier molecular flexibility index (Phi) is 5.30. The maximum Gasteiger partial charge on any atom is 0.294 e. The van der Waals surface area contributed by atoms with Gasteiger partial charge < -0.3 is 10.2 Å². The van der Waals surface area contributed by atoms with Crippen LogP contribution in [-0.4, -0.2) is 28.2 Å². The SMILES string of the molecule is Cc1ccc(CNC(=O)c2nc(C(=O)N(C)c3ccccc3)n3ccccc23)cc1. The number of imidazole rings is 1. The fourth-order valence-electron chi connectivity index (χ4n) is 3.25. The lowest BCUT2D eigenvalue weighted by Crippen LogP contribution is -2.28. The zero-order valence-electron chi connectivity index (χ0n) is 16.9. The number of fused-ring (bicyclic) bond motifs is 1. The molecule has 2 aromatic heterocycles. The molecule has 0 atom stereocenters. The number of amides is 2. The molecule has 150 valence electrons. The molecular formula is C24H22N4O2. The molecule has 4 rings (SSSR count). The second kappa shape index (κ2) is 8.21. The van der Waals surface area contributed by atoms with Crippen LogP contribution in [-0.2, 0) is 6.54 Å². The summed E-state index contributed by atoms with van der Waals surface area (Å²) in [7, 11) is 1.69. The van der Waals surface area contributed by atoms with E-state index in [1.54, 1.807) is 23.7 Å². The van der Waals surface area contributed by atoms with Gasteiger partial charge in [-0.05, 0) is 36.8 Å². The van der Waals surface area contributed by atoms with Crippen molar-refractivity contribution in [3.8, 4) is 0 Å². The Hall–Kier alpha value is -3.93. The average Bonchev–Trinajstić information content (AvgIpc) is 3.18. The lowest BCUT2D eigenvalue weighted by molar-refractivity contribution is 0.0948. The van der Waals surface area contributed by atoms with E-state index in [9.17, 15) is 9.59 Å². The molecule has 6 nitrogen and oxygen atoms in total. The highest BCUT2D eigenvalue weighted by Crippen LogP contribution is 2.18. The summed E-state index contributed by atoms with van der Waals surface area (Å²) in [5, 5.41) is 2.90. The lowest BCUT2D eigenvalue weighted by Gasteiger charge is -2.16. The van der Waals surface area contributed by atoms with Crippen LogP contribution in [0.3, 0.4) is 0 Å². The molecule has 2 amide bonds. The van der Waals surface area contributed by atoms with Crippen LogP contribution in [0, 0.1) is 6.92 Å². The van der Waals surface area contributed by atoms with Crippen LogP contribution in [0.2, 0.25) is 0 Å². The number of carbonyl (C=O) groups is 2. The summed E-state index contributed by atoms with van der Waals surface area (Å²) in [5.41, 5.74) is 3.73. The van der Waals surface area contributed by atoms with Crippen molar-refractivity contribution in [3.63, 3.8) is 0 Å². The first-order valence-electron chi connectivity index (χ1n) is 9.68. The molecule has 1 N–H and O–H groups in total. The van der Waals surface area contributed by atoms with Gasteiger partial charge in [0.2, 0.25) is 5.82 Å². The predicted molar refractivity (Wildman–Crippen MR) is 117 cm³/mol. The fourth-order valence-corrected chi connectivity index (χ4v) is 3.25. The van der Waals surface area contributed by atoms with Crippen LogP contribution in [0.15, 0.2) is 79.0 Å². The minimum Gasteiger partial charge on any atom is -0.347 e. The Labute approximate surface area is 174 Å². The molecule has 30 heavy (non-hydrogen) atoms. The van der Waals surface area contributed by atoms with E-state index in [2.05, 4.69) is 10.3 Å². The van der Waals surface area contributed by atoms with Gasteiger partial charge in [0, 0.05) is 25.5 Å². The van der Waals surface area contributed by atoms with Crippen molar-refractivity contribution >= 4 is 23.0 Å². The third kappa shape index (κ3) is 3.80. The first kappa shape index (κ1) is 19.4. The minimum atomic E-state index is -0.319. The number of rotatable bonds is 5. The van der Waals surface area contributed by atoms with Gasteiger partial charge in [0.25, 0.3) is 11.8 Å². The van der Waals surface area contributed by atoms with Gasteiger partial charge in [-0.15, -0.1) is 0 Å². The Morgan fingerprint density at radius 1 is 0.967 bits per heavy atom. The highest BCUT2D eigenvalue weighted by molar-refractivity contribution is 6.07. The molecule has 0 fully saturated rings. The Balaban J connectivity index is 1.62. The van der Waals surface area contributed by atoms with Crippen LogP contribution in [0.25, 0.3) is 5.52 Å². The summed E-state index contributed by atoms with van der Waals surface area (Å²) in [5.74, 6) is -0.418. The van der Waals surface area contributed by atoms with E-state index in [0.29, 0.717) is 12.1 Å². The molecule has 4 aromatic rings. The normalized spacial score (nSPS) is 10.7. The van der Waals surface area contributed by atoms with Crippen LogP contribution < -0.4 is 10.2 Å². The van der Waals surface area contributed by atoms with E-state index >= 15 is 0 Å². The summed E-state index contributed by atoms with van der Waals surface area (Å²) >= 11 is 0. The highest BCUT2D eigenvalue weighted by atomic mass is 16.2. The molecular weight excluding hydrogens is 376 g/mol. The number of nitrogens with one attached hydrogen (secondary N) is 1. The van der Waals surface area contributed by atoms with Crippen molar-refractivity contribution in [2.45, 2.75) is 13.5 Å². The van der Waals surface area contributed by atoms with Gasteiger partial charge in [0.15, 0.2) is 5.69 Å². The summed E-state index contributed by atoms with van der Waals surface area (Å²) in [6, 6.07) is 22.7. The Morgan fingerprint density at radius 3 is 2.40 bits per heavy atom. The number of hydrogen-bond donors (Lipinski definition) is 1. The zero-order chi connectivity index (χ0) is 21.1. The molecule has 0 aliphatic heterocycles. The van der Waals surface area contributed by atoms with Crippen molar-refractivity contribution in [2.75, 3.05) is 11.9 Å². The summed E-state index contributed by atoms with van der Waals surface area (Å²) < 4.78 is 1.66. The van der Waals surface area contributed by atoms with E-state index in [1.807, 2.05) is 73.7 Å². The van der Waals surface area contributed by atoms with Gasteiger partial charge in [-0.3, -0.25) is 14.0 Å². The van der Waals surface area contributed by atoms with Crippen LogP contribution in [0.1, 0.15) is 32.2 Å². The molecule has 0 aliphatic rings. The topological polar surface area (TPSA) is 66.7 Å². The van der Waals surface area contributed by atoms with Crippen molar-refractivity contribution in [1.82, 2.24) is 14.7 Å². The third-order valence-electron chi connectivity index (χ3n) is 4.98. The molecule has 0 unspecified atom stereocenters. The van der Waals surface area contributed by atoms with Gasteiger partial charge in [0.05, 0.1) is 5.52 Å². The van der Waals surface area contributed by atoms with Crippen LogP contribution >= 0.6 is 0 Å². The largest absolute Gasteiger partial charge is 0.347 e. The van der Waals surface area contributed by atoms with Gasteiger partial charge in [0.1, 0.15) is 0 Å². The van der Waals surface area contributed by atoms with E-state index in [-0.39, 0.29) is 23.3 Å². The number of aryl methyl sites for hydroxylation is 1. The molecule has 0 saturated carbocycles. The van der Waals surface area contributed by atoms with Gasteiger partial charge in [-0.1, -0.05) is 54.1 Å². The van der Waals surface area contributed by atoms with Crippen molar-refractivity contribution in [3.05, 3.63) is 102 Å². The number of aromatic nitrogens is 2. The Bertz CT molecular complexity index is 1200. The number of para-hydroxylation sites is 1. The summed E-state index contributed by atoms with van der Waals surface area (Å²) in [6.45, 7) is 2.41. The molecule has 6 heteroatoms. The van der Waals surface area contributed by atoms with Crippen molar-refractivity contribution in [1.29, 1.82) is 0 Å². The summed E-state index contributed by atoms with van der Waals surface area (Å²) in [6.07, 6.45) is 1.74. The number of hydrogen-bond acceptors (Lipinski definition) is 3. The van der Waals surface area contributed by atoms with Gasteiger partial charge in [-0.2, -0.15) is 0 Å². The average molecular weight is 398 g/mol. The highest BCUT2D eigenvalue weighted by Gasteiger charge is 2.24. The van der Waals surface area contributed by atoms with E-state index in [0.717, 1.165) is 16.8 Å². The van der Waals surface area contributed by atoms with Gasteiger partial charge in [-0.25, -0.2) is 4.98 Å². The van der Waals surface area contributed by atoms with E-state index in [1.165, 1.54) is 4.90 Å². The van der Waals surface area contributed by atoms with Crippen molar-refractivity contribution < 1.29 is 9.59 Å². The van der Waals surface area contributed by atoms with Crippen molar-refractivity contribution in [2.24, 2.45) is 0 Å². The lowest BCUT2D eigenvalue weighted by atomic mass is 10.1. The standard InChI is InChI=1S/C24H22N4O2/c1-17-11-13-18(14-12-17)16-25-23(29)21-20-10-6-7-15-28(20)22(26-21)24(30)27(2)19-8-4-3-5-9-19/h3-15H,16H2,1-2H3,(H,25,29). The molecule has 0 aliphatic carbocycles. The summed E-state index contributed by atoms with van der Waals surface area (Å²) in [4.78, 5) is 31.9. The van der Waals surface area contributed by atoms with E-state index < -0.39 is 0 Å². The molecule has 0 bridgehead atoms. The van der Waals surface area contributed by atoms with E-state index in [4.69, 9.17) is 0 Å². The molecule has 2 heterocycles. The van der Waals surface area contributed by atoms with Gasteiger partial charge >= 0.3 is 0 Å². The predicted octanol–water partition coefficient (Wildman–Crippen LogP) is 3.85. The van der Waals surface area contributed by atoms with Crippen LogP contribution in [0.5, 0.6) is 0 Å². The molecule has 0 spiro atoms. The first-order valence-corrected chi connectivity index (χ1v) is 9.68. The maximum atomic E-state index is 13.1. The third-order valence-corrected chi connectivity index (χ3v) is 4.98. The number of benzene rings is 2. The second-order valence-corrected chi connectivity index (χ2v) is 7.11. The first-order chi connectivity index (χ1) is 14.5. The minimum absolute atomic E-state index is 0.192. The number of nitrogens with zero attached hydrogens (tertiary/aromatic N) is 3. The quantitative estimate of drug-likeness (QED) is 0.555.